The summed E-state index contributed by atoms with van der Waals surface area (Å²) >= 11 is 0. The van der Waals surface area contributed by atoms with Gasteiger partial charge in [0.15, 0.2) is 0 Å². The number of hydrogen-bond donors (Lipinski definition) is 0. The molecule has 3 nitrogen and oxygen atoms in total. The Labute approximate surface area is 117 Å². The molecule has 2 heterocycles. The van der Waals surface area contributed by atoms with Gasteiger partial charge in [-0.15, -0.1) is 0 Å². The molecule has 1 aromatic carbocycles. The van der Waals surface area contributed by atoms with Crippen molar-refractivity contribution in [2.75, 3.05) is 6.61 Å². The zero-order valence-electron chi connectivity index (χ0n) is 11.2. The Morgan fingerprint density at radius 3 is 2.60 bits per heavy atom. The van der Waals surface area contributed by atoms with Gasteiger partial charge in [-0.25, -0.2) is 4.79 Å². The largest absolute Gasteiger partial charge is 0.462 e. The summed E-state index contributed by atoms with van der Waals surface area (Å²) in [6.07, 6.45) is 3.76. The van der Waals surface area contributed by atoms with E-state index in [-0.39, 0.29) is 5.97 Å². The molecule has 0 N–H and O–H groups in total. The van der Waals surface area contributed by atoms with Gasteiger partial charge in [-0.3, -0.25) is 0 Å². The lowest BCUT2D eigenvalue weighted by Gasteiger charge is -2.04. The summed E-state index contributed by atoms with van der Waals surface area (Å²) in [4.78, 5) is 12.2. The first kappa shape index (κ1) is 12.5. The van der Waals surface area contributed by atoms with Crippen LogP contribution >= 0.6 is 0 Å². The molecule has 0 bridgehead atoms. The summed E-state index contributed by atoms with van der Waals surface area (Å²) < 4.78 is 7.12. The number of pyridine rings is 1. The van der Waals surface area contributed by atoms with Gasteiger partial charge in [0.25, 0.3) is 0 Å². The Morgan fingerprint density at radius 1 is 1.10 bits per heavy atom. The summed E-state index contributed by atoms with van der Waals surface area (Å²) in [5, 5.41) is 0. The first-order valence-electron chi connectivity index (χ1n) is 6.63. The van der Waals surface area contributed by atoms with E-state index in [2.05, 4.69) is 0 Å². The summed E-state index contributed by atoms with van der Waals surface area (Å²) in [7, 11) is 0. The van der Waals surface area contributed by atoms with Crippen molar-refractivity contribution in [3.05, 3.63) is 66.5 Å². The molecule has 0 saturated carbocycles. The lowest BCUT2D eigenvalue weighted by molar-refractivity contribution is 0.0527. The molecule has 3 rings (SSSR count). The molecule has 0 unspecified atom stereocenters. The van der Waals surface area contributed by atoms with Crippen molar-refractivity contribution in [1.82, 2.24) is 4.40 Å². The van der Waals surface area contributed by atoms with Crippen LogP contribution in [0.2, 0.25) is 0 Å². The number of rotatable bonds is 3. The van der Waals surface area contributed by atoms with Crippen LogP contribution in [0.3, 0.4) is 0 Å². The van der Waals surface area contributed by atoms with Gasteiger partial charge in [0.2, 0.25) is 0 Å². The normalized spacial score (nSPS) is 10.7. The van der Waals surface area contributed by atoms with Crippen molar-refractivity contribution in [2.24, 2.45) is 0 Å². The second kappa shape index (κ2) is 5.21. The number of esters is 1. The number of aromatic nitrogens is 1. The van der Waals surface area contributed by atoms with E-state index in [1.165, 1.54) is 0 Å². The number of carbonyl (C=O) groups is 1. The first-order chi connectivity index (χ1) is 9.81. The standard InChI is InChI=1S/C17H15NO2/c1-2-20-17(19)14-12-18-11-7-6-10-15(18)16(14)13-8-4-3-5-9-13/h3-12H,2H2,1H3. The van der Waals surface area contributed by atoms with Crippen molar-refractivity contribution in [2.45, 2.75) is 6.92 Å². The minimum atomic E-state index is -0.282. The summed E-state index contributed by atoms with van der Waals surface area (Å²) in [5.74, 6) is -0.282. The van der Waals surface area contributed by atoms with Gasteiger partial charge in [0.05, 0.1) is 17.7 Å². The summed E-state index contributed by atoms with van der Waals surface area (Å²) in [6, 6.07) is 15.8. The van der Waals surface area contributed by atoms with Crippen LogP contribution in [0.4, 0.5) is 0 Å². The van der Waals surface area contributed by atoms with Gasteiger partial charge in [0.1, 0.15) is 0 Å². The van der Waals surface area contributed by atoms with Crippen molar-refractivity contribution in [3.63, 3.8) is 0 Å². The third kappa shape index (κ3) is 2.07. The molecule has 0 aliphatic rings. The molecule has 0 amide bonds. The highest BCUT2D eigenvalue weighted by Crippen LogP contribution is 2.30. The van der Waals surface area contributed by atoms with E-state index >= 15 is 0 Å². The van der Waals surface area contributed by atoms with E-state index in [0.717, 1.165) is 16.6 Å². The minimum Gasteiger partial charge on any atom is -0.462 e. The molecule has 0 saturated heterocycles. The SMILES string of the molecule is CCOC(=O)c1cn2ccccc2c1-c1ccccc1. The first-order valence-corrected chi connectivity index (χ1v) is 6.63. The quantitative estimate of drug-likeness (QED) is 0.675. The lowest BCUT2D eigenvalue weighted by Crippen LogP contribution is -2.04. The Morgan fingerprint density at radius 2 is 1.85 bits per heavy atom. The van der Waals surface area contributed by atoms with E-state index in [4.69, 9.17) is 4.74 Å². The number of benzene rings is 1. The Balaban J connectivity index is 2.26. The van der Waals surface area contributed by atoms with Gasteiger partial charge < -0.3 is 9.14 Å². The molecule has 3 aromatic rings. The van der Waals surface area contributed by atoms with Gasteiger partial charge in [-0.2, -0.15) is 0 Å². The fraction of sp³-hybridized carbons (Fsp3) is 0.118. The molecule has 0 radical (unpaired) electrons. The average Bonchev–Trinajstić information content (AvgIpc) is 2.88. The predicted octanol–water partition coefficient (Wildman–Crippen LogP) is 3.78. The molecule has 0 aliphatic heterocycles. The molecule has 0 atom stereocenters. The number of fused-ring (bicyclic) bond motifs is 1. The number of carbonyl (C=O) groups excluding carboxylic acids is 1. The Hall–Kier alpha value is -2.55. The van der Waals surface area contributed by atoms with Crippen molar-refractivity contribution >= 4 is 11.5 Å². The molecular weight excluding hydrogens is 250 g/mol. The predicted molar refractivity (Wildman–Crippen MR) is 78.8 cm³/mol. The van der Waals surface area contributed by atoms with E-state index in [9.17, 15) is 4.79 Å². The fourth-order valence-corrected chi connectivity index (χ4v) is 2.39. The number of ether oxygens (including phenoxy) is 1. The van der Waals surface area contributed by atoms with Gasteiger partial charge in [-0.05, 0) is 24.6 Å². The number of hydrogen-bond acceptors (Lipinski definition) is 2. The van der Waals surface area contributed by atoms with Crippen LogP contribution in [-0.2, 0) is 4.74 Å². The lowest BCUT2D eigenvalue weighted by atomic mass is 10.0. The third-order valence-electron chi connectivity index (χ3n) is 3.24. The molecule has 20 heavy (non-hydrogen) atoms. The summed E-state index contributed by atoms with van der Waals surface area (Å²) in [6.45, 7) is 2.19. The molecule has 100 valence electrons. The van der Waals surface area contributed by atoms with Crippen LogP contribution in [0, 0.1) is 0 Å². The van der Waals surface area contributed by atoms with Crippen LogP contribution in [0.15, 0.2) is 60.9 Å². The maximum Gasteiger partial charge on any atom is 0.340 e. The Bertz CT molecular complexity index is 744. The second-order valence-corrected chi connectivity index (χ2v) is 4.50. The molecule has 0 fully saturated rings. The van der Waals surface area contributed by atoms with Crippen LogP contribution in [0.5, 0.6) is 0 Å². The van der Waals surface area contributed by atoms with E-state index < -0.39 is 0 Å². The monoisotopic (exact) mass is 265 g/mol. The maximum absolute atomic E-state index is 12.2. The van der Waals surface area contributed by atoms with Crippen molar-refractivity contribution in [3.8, 4) is 11.1 Å². The topological polar surface area (TPSA) is 30.7 Å². The van der Waals surface area contributed by atoms with Crippen molar-refractivity contribution in [1.29, 1.82) is 0 Å². The van der Waals surface area contributed by atoms with Crippen LogP contribution in [-0.4, -0.2) is 17.0 Å². The van der Waals surface area contributed by atoms with Gasteiger partial charge in [0, 0.05) is 18.0 Å². The summed E-state index contributed by atoms with van der Waals surface area (Å²) in [5.41, 5.74) is 3.54. The Kier molecular flexibility index (Phi) is 3.25. The van der Waals surface area contributed by atoms with Crippen molar-refractivity contribution < 1.29 is 9.53 Å². The zero-order chi connectivity index (χ0) is 13.9. The van der Waals surface area contributed by atoms with Gasteiger partial charge >= 0.3 is 5.97 Å². The molecule has 0 spiro atoms. The molecule has 2 aromatic heterocycles. The molecule has 0 aliphatic carbocycles. The highest BCUT2D eigenvalue weighted by atomic mass is 16.5. The highest BCUT2D eigenvalue weighted by molar-refractivity contribution is 6.02. The second-order valence-electron chi connectivity index (χ2n) is 4.50. The van der Waals surface area contributed by atoms with Crippen LogP contribution in [0.25, 0.3) is 16.6 Å². The maximum atomic E-state index is 12.2. The van der Waals surface area contributed by atoms with E-state index in [0.29, 0.717) is 12.2 Å². The fourth-order valence-electron chi connectivity index (χ4n) is 2.39. The molecular formula is C17H15NO2. The smallest absolute Gasteiger partial charge is 0.340 e. The van der Waals surface area contributed by atoms with Crippen LogP contribution in [0.1, 0.15) is 17.3 Å². The third-order valence-corrected chi connectivity index (χ3v) is 3.24. The minimum absolute atomic E-state index is 0.282. The average molecular weight is 265 g/mol. The van der Waals surface area contributed by atoms with Gasteiger partial charge in [-0.1, -0.05) is 36.4 Å². The number of nitrogens with zero attached hydrogens (tertiary/aromatic N) is 1. The highest BCUT2D eigenvalue weighted by Gasteiger charge is 2.18. The zero-order valence-corrected chi connectivity index (χ0v) is 11.2. The van der Waals surface area contributed by atoms with E-state index in [1.54, 1.807) is 0 Å². The van der Waals surface area contributed by atoms with Crippen LogP contribution < -0.4 is 0 Å². The van der Waals surface area contributed by atoms with E-state index in [1.807, 2.05) is 72.2 Å². The molecule has 3 heteroatoms.